The zero-order valence-electron chi connectivity index (χ0n) is 33.7. The minimum Gasteiger partial charge on any atom is -0.462 e. The van der Waals surface area contributed by atoms with Crippen LogP contribution >= 0.6 is 0 Å². The van der Waals surface area contributed by atoms with Gasteiger partial charge in [0.1, 0.15) is 13.2 Å². The maximum absolute atomic E-state index is 12.6. The molecule has 0 aromatic carbocycles. The van der Waals surface area contributed by atoms with Gasteiger partial charge in [0.25, 0.3) is 0 Å². The van der Waals surface area contributed by atoms with Crippen molar-refractivity contribution in [3.63, 3.8) is 0 Å². The standard InChI is InChI=1S/C47H74O6/c1-4-7-10-13-16-19-21-23-25-28-31-34-37-40-46(49)52-43-44(42-51-45(48)39-36-33-30-27-18-15-12-9-6-3)53-47(50)41-38-35-32-29-26-24-22-20-17-14-11-8-5-2/h7,9-10,12-13,16,18-19,21,24,26-27,32-33,35-36,44H,4-6,8,11,14-15,17,20,22-23,25,28-31,34,37-43H2,1-3H3/b10-7-,12-9-,16-13-,21-19-,26-24-,27-18-,35-32-,36-33-. The quantitative estimate of drug-likeness (QED) is 0.0212. The predicted octanol–water partition coefficient (Wildman–Crippen LogP) is 13.1. The Kier molecular flexibility index (Phi) is 38.2. The number of allylic oxidation sites excluding steroid dienone is 15. The highest BCUT2D eigenvalue weighted by Crippen LogP contribution is 2.10. The molecule has 0 bridgehead atoms. The monoisotopic (exact) mass is 735 g/mol. The molecular weight excluding hydrogens is 661 g/mol. The van der Waals surface area contributed by atoms with Crippen molar-refractivity contribution in [3.8, 4) is 0 Å². The maximum Gasteiger partial charge on any atom is 0.309 e. The number of esters is 3. The Bertz CT molecular complexity index is 1120. The normalized spacial score (nSPS) is 13.0. The second kappa shape index (κ2) is 41.1. The third-order valence-corrected chi connectivity index (χ3v) is 8.16. The first-order valence-corrected chi connectivity index (χ1v) is 20.8. The fourth-order valence-corrected chi connectivity index (χ4v) is 5.08. The van der Waals surface area contributed by atoms with Crippen molar-refractivity contribution < 1.29 is 28.6 Å². The maximum atomic E-state index is 12.6. The van der Waals surface area contributed by atoms with E-state index in [1.807, 2.05) is 18.2 Å². The molecule has 0 radical (unpaired) electrons. The van der Waals surface area contributed by atoms with Gasteiger partial charge in [0.05, 0.1) is 6.42 Å². The van der Waals surface area contributed by atoms with Crippen LogP contribution in [0.15, 0.2) is 97.2 Å². The lowest BCUT2D eigenvalue weighted by molar-refractivity contribution is -0.166. The van der Waals surface area contributed by atoms with Crippen molar-refractivity contribution in [2.45, 2.75) is 168 Å². The van der Waals surface area contributed by atoms with Gasteiger partial charge >= 0.3 is 17.9 Å². The van der Waals surface area contributed by atoms with E-state index in [0.717, 1.165) is 77.0 Å². The Hall–Kier alpha value is -3.67. The Labute approximate surface area is 324 Å². The summed E-state index contributed by atoms with van der Waals surface area (Å²) in [6.07, 6.45) is 53.0. The molecule has 0 aromatic rings. The summed E-state index contributed by atoms with van der Waals surface area (Å²) in [5.74, 6) is -1.17. The van der Waals surface area contributed by atoms with E-state index >= 15 is 0 Å². The molecule has 0 saturated carbocycles. The van der Waals surface area contributed by atoms with Crippen molar-refractivity contribution in [2.75, 3.05) is 13.2 Å². The summed E-state index contributed by atoms with van der Waals surface area (Å²) < 4.78 is 16.4. The fourth-order valence-electron chi connectivity index (χ4n) is 5.08. The van der Waals surface area contributed by atoms with Gasteiger partial charge in [0.2, 0.25) is 0 Å². The molecule has 0 rings (SSSR count). The van der Waals surface area contributed by atoms with Crippen LogP contribution < -0.4 is 0 Å². The van der Waals surface area contributed by atoms with Gasteiger partial charge in [-0.05, 0) is 70.6 Å². The van der Waals surface area contributed by atoms with Crippen LogP contribution in [0.2, 0.25) is 0 Å². The second-order valence-electron chi connectivity index (χ2n) is 13.2. The molecule has 0 heterocycles. The average Bonchev–Trinajstić information content (AvgIpc) is 3.15. The minimum atomic E-state index is -0.849. The predicted molar refractivity (Wildman–Crippen MR) is 224 cm³/mol. The number of hydrogen-bond acceptors (Lipinski definition) is 6. The summed E-state index contributed by atoms with van der Waals surface area (Å²) >= 11 is 0. The highest BCUT2D eigenvalue weighted by Gasteiger charge is 2.19. The van der Waals surface area contributed by atoms with Gasteiger partial charge in [-0.15, -0.1) is 0 Å². The minimum absolute atomic E-state index is 0.117. The van der Waals surface area contributed by atoms with Crippen LogP contribution in [0.1, 0.15) is 162 Å². The number of carbonyl (C=O) groups is 3. The molecule has 6 heteroatoms. The van der Waals surface area contributed by atoms with E-state index in [0.29, 0.717) is 12.8 Å². The molecule has 1 unspecified atom stereocenters. The number of carbonyl (C=O) groups excluding carboxylic acids is 3. The van der Waals surface area contributed by atoms with Gasteiger partial charge in [-0.2, -0.15) is 0 Å². The van der Waals surface area contributed by atoms with Gasteiger partial charge in [-0.1, -0.05) is 169 Å². The van der Waals surface area contributed by atoms with Crippen molar-refractivity contribution in [1.29, 1.82) is 0 Å². The van der Waals surface area contributed by atoms with Crippen LogP contribution in [-0.2, 0) is 28.6 Å². The molecule has 298 valence electrons. The molecule has 0 N–H and O–H groups in total. The van der Waals surface area contributed by atoms with Crippen molar-refractivity contribution in [2.24, 2.45) is 0 Å². The van der Waals surface area contributed by atoms with Crippen LogP contribution in [0.5, 0.6) is 0 Å². The van der Waals surface area contributed by atoms with Crippen molar-refractivity contribution in [3.05, 3.63) is 97.2 Å². The molecule has 0 amide bonds. The number of ether oxygens (including phenoxy) is 3. The van der Waals surface area contributed by atoms with Crippen molar-refractivity contribution in [1.82, 2.24) is 0 Å². The molecule has 53 heavy (non-hydrogen) atoms. The van der Waals surface area contributed by atoms with E-state index in [4.69, 9.17) is 14.2 Å². The van der Waals surface area contributed by atoms with E-state index in [1.54, 1.807) is 6.08 Å². The SMILES string of the molecule is CC\C=C/C=C\C=C/CCCCCCCC(=O)OCC(COC(=O)C/C=C\C/C=C\C/C=C\CC)OC(=O)CC/C=C\C/C=C\CCCCCCCC. The third-order valence-electron chi connectivity index (χ3n) is 8.16. The molecule has 0 aliphatic heterocycles. The zero-order chi connectivity index (χ0) is 38.7. The third kappa shape index (κ3) is 39.4. The Morgan fingerprint density at radius 2 is 0.943 bits per heavy atom. The molecular formula is C47H74O6. The van der Waals surface area contributed by atoms with Crippen LogP contribution in [0.4, 0.5) is 0 Å². The molecule has 0 saturated heterocycles. The smallest absolute Gasteiger partial charge is 0.309 e. The molecule has 6 nitrogen and oxygen atoms in total. The molecule has 0 aliphatic carbocycles. The molecule has 0 spiro atoms. The van der Waals surface area contributed by atoms with Crippen LogP contribution in [-0.4, -0.2) is 37.2 Å². The summed E-state index contributed by atoms with van der Waals surface area (Å²) in [6, 6.07) is 0. The summed E-state index contributed by atoms with van der Waals surface area (Å²) in [5, 5.41) is 0. The fraction of sp³-hybridized carbons (Fsp3) is 0.596. The van der Waals surface area contributed by atoms with Crippen molar-refractivity contribution >= 4 is 17.9 Å². The van der Waals surface area contributed by atoms with Gasteiger partial charge in [-0.3, -0.25) is 14.4 Å². The second-order valence-corrected chi connectivity index (χ2v) is 13.2. The summed E-state index contributed by atoms with van der Waals surface area (Å²) in [4.78, 5) is 37.4. The lowest BCUT2D eigenvalue weighted by Crippen LogP contribution is -2.30. The first kappa shape index (κ1) is 49.3. The van der Waals surface area contributed by atoms with E-state index in [1.165, 1.54) is 38.5 Å². The van der Waals surface area contributed by atoms with Crippen LogP contribution in [0.3, 0.4) is 0 Å². The van der Waals surface area contributed by atoms with E-state index < -0.39 is 18.0 Å². The zero-order valence-corrected chi connectivity index (χ0v) is 33.7. The van der Waals surface area contributed by atoms with Gasteiger partial charge in [-0.25, -0.2) is 0 Å². The molecule has 1 atom stereocenters. The van der Waals surface area contributed by atoms with Gasteiger partial charge in [0, 0.05) is 12.8 Å². The topological polar surface area (TPSA) is 78.9 Å². The molecule has 0 aliphatic rings. The molecule has 0 aromatic heterocycles. The van der Waals surface area contributed by atoms with Gasteiger partial charge < -0.3 is 14.2 Å². The first-order valence-electron chi connectivity index (χ1n) is 20.8. The Balaban J connectivity index is 4.58. The lowest BCUT2D eigenvalue weighted by atomic mass is 10.1. The molecule has 0 fully saturated rings. The summed E-state index contributed by atoms with van der Waals surface area (Å²) in [6.45, 7) is 6.17. The largest absolute Gasteiger partial charge is 0.462 e. The van der Waals surface area contributed by atoms with E-state index in [2.05, 4.69) is 93.7 Å². The lowest BCUT2D eigenvalue weighted by Gasteiger charge is -2.18. The first-order chi connectivity index (χ1) is 26.0. The highest BCUT2D eigenvalue weighted by atomic mass is 16.6. The van der Waals surface area contributed by atoms with Crippen LogP contribution in [0, 0.1) is 0 Å². The Morgan fingerprint density at radius 3 is 1.60 bits per heavy atom. The van der Waals surface area contributed by atoms with E-state index in [-0.39, 0.29) is 32.0 Å². The number of rotatable bonds is 35. The highest BCUT2D eigenvalue weighted by molar-refractivity contribution is 5.72. The summed E-state index contributed by atoms with van der Waals surface area (Å²) in [7, 11) is 0. The Morgan fingerprint density at radius 1 is 0.434 bits per heavy atom. The number of unbranched alkanes of at least 4 members (excludes halogenated alkanes) is 11. The summed E-state index contributed by atoms with van der Waals surface area (Å²) in [5.41, 5.74) is 0. The van der Waals surface area contributed by atoms with Crippen LogP contribution in [0.25, 0.3) is 0 Å². The average molecular weight is 735 g/mol. The van der Waals surface area contributed by atoms with Gasteiger partial charge in [0.15, 0.2) is 6.10 Å². The number of hydrogen-bond donors (Lipinski definition) is 0. The van der Waals surface area contributed by atoms with E-state index in [9.17, 15) is 14.4 Å².